The van der Waals surface area contributed by atoms with Gasteiger partial charge in [-0.2, -0.15) is 0 Å². The molecule has 0 saturated carbocycles. The van der Waals surface area contributed by atoms with Gasteiger partial charge in [0.25, 0.3) is 0 Å². The molecule has 0 N–H and O–H groups in total. The highest BCUT2D eigenvalue weighted by molar-refractivity contribution is 8.05. The molecule has 10 aromatic rings. The summed E-state index contributed by atoms with van der Waals surface area (Å²) >= 11 is 3.69. The average Bonchev–Trinajstić information content (AvgIpc) is 3.68. The molecule has 1 aliphatic heterocycles. The molecule has 1 aromatic heterocycles. The molecule has 9 aromatic carbocycles. The normalized spacial score (nSPS) is 11.9. The molecule has 2 heterocycles. The van der Waals surface area contributed by atoms with Crippen molar-refractivity contribution in [3.8, 4) is 22.3 Å². The van der Waals surface area contributed by atoms with Crippen molar-refractivity contribution in [3.63, 3.8) is 0 Å². The van der Waals surface area contributed by atoms with Crippen molar-refractivity contribution in [3.05, 3.63) is 218 Å². The van der Waals surface area contributed by atoms with Crippen molar-refractivity contribution in [1.29, 1.82) is 0 Å². The Morgan fingerprint density at radius 2 is 0.831 bits per heavy atom. The first-order valence-corrected chi connectivity index (χ1v) is 21.4. The molecule has 0 aliphatic carbocycles. The van der Waals surface area contributed by atoms with Crippen LogP contribution in [0.15, 0.2) is 242 Å². The van der Waals surface area contributed by atoms with Crippen LogP contribution in [-0.2, 0) is 0 Å². The Morgan fingerprint density at radius 3 is 1.51 bits per heavy atom. The van der Waals surface area contributed by atoms with Gasteiger partial charge in [0.05, 0.1) is 10.6 Å². The second-order valence-electron chi connectivity index (χ2n) is 14.6. The minimum atomic E-state index is 0.890. The minimum absolute atomic E-state index is 0.890. The lowest BCUT2D eigenvalue weighted by Crippen LogP contribution is -2.12. The third-order valence-electron chi connectivity index (χ3n) is 10.9. The monoisotopic (exact) mass is 792 g/mol. The van der Waals surface area contributed by atoms with Gasteiger partial charge in [-0.15, -0.1) is 0 Å². The van der Waals surface area contributed by atoms with Crippen LogP contribution in [0.25, 0.3) is 44.2 Å². The number of rotatable bonds is 8. The smallest absolute Gasteiger partial charge is 0.135 e. The lowest BCUT2D eigenvalue weighted by Gasteiger charge is -2.31. The van der Waals surface area contributed by atoms with E-state index in [1.54, 1.807) is 0 Å². The summed E-state index contributed by atoms with van der Waals surface area (Å²) < 4.78 is 6.21. The molecule has 1 aliphatic rings. The zero-order chi connectivity index (χ0) is 39.1. The Bertz CT molecular complexity index is 3010. The van der Waals surface area contributed by atoms with E-state index in [4.69, 9.17) is 4.42 Å². The molecule has 3 nitrogen and oxygen atoms in total. The van der Waals surface area contributed by atoms with Crippen LogP contribution in [0.3, 0.4) is 0 Å². The maximum absolute atomic E-state index is 6.21. The second kappa shape index (κ2) is 15.1. The predicted octanol–water partition coefficient (Wildman–Crippen LogP) is 16.5. The topological polar surface area (TPSA) is 19.6 Å². The SMILES string of the molecule is c1ccc(-c2ccc(N(c3ccc(-c4ccccc4)cc3)c3cccc4c3Sc3ccc(N(c5ccccc5)c5ccc6oc7ccccc7c6c5)cc3S4)cc2)cc1. The maximum Gasteiger partial charge on any atom is 0.135 e. The fourth-order valence-corrected chi connectivity index (χ4v) is 10.4. The van der Waals surface area contributed by atoms with Crippen molar-refractivity contribution >= 4 is 79.6 Å². The van der Waals surface area contributed by atoms with E-state index in [1.807, 2.05) is 35.7 Å². The number of hydrogen-bond acceptors (Lipinski definition) is 5. The molecule has 0 unspecified atom stereocenters. The van der Waals surface area contributed by atoms with E-state index in [1.165, 1.54) is 41.8 Å². The van der Waals surface area contributed by atoms with Crippen LogP contribution in [0.2, 0.25) is 0 Å². The van der Waals surface area contributed by atoms with Crippen LogP contribution in [0.5, 0.6) is 0 Å². The second-order valence-corrected chi connectivity index (χ2v) is 16.7. The van der Waals surface area contributed by atoms with Gasteiger partial charge in [-0.1, -0.05) is 151 Å². The highest BCUT2D eigenvalue weighted by Crippen LogP contribution is 2.55. The first-order chi connectivity index (χ1) is 29.2. The molecule has 59 heavy (non-hydrogen) atoms. The number of hydrogen-bond donors (Lipinski definition) is 0. The molecular formula is C54H36N2OS2. The highest BCUT2D eigenvalue weighted by atomic mass is 32.2. The van der Waals surface area contributed by atoms with Crippen LogP contribution in [0.4, 0.5) is 34.1 Å². The molecule has 0 radical (unpaired) electrons. The fourth-order valence-electron chi connectivity index (χ4n) is 8.06. The Hall–Kier alpha value is -6.92. The van der Waals surface area contributed by atoms with Crippen LogP contribution >= 0.6 is 23.5 Å². The zero-order valence-corrected chi connectivity index (χ0v) is 33.5. The molecule has 0 fully saturated rings. The molecule has 0 saturated heterocycles. The van der Waals surface area contributed by atoms with Gasteiger partial charge in [-0.3, -0.25) is 0 Å². The van der Waals surface area contributed by atoms with E-state index < -0.39 is 0 Å². The van der Waals surface area contributed by atoms with Crippen molar-refractivity contribution in [2.45, 2.75) is 19.6 Å². The lowest BCUT2D eigenvalue weighted by atomic mass is 10.0. The van der Waals surface area contributed by atoms with Crippen LogP contribution in [0.1, 0.15) is 0 Å². The molecule has 11 rings (SSSR count). The van der Waals surface area contributed by atoms with E-state index in [2.05, 4.69) is 216 Å². The molecule has 0 bridgehead atoms. The van der Waals surface area contributed by atoms with Crippen LogP contribution < -0.4 is 9.80 Å². The molecule has 280 valence electrons. The largest absolute Gasteiger partial charge is 0.456 e. The lowest BCUT2D eigenvalue weighted by molar-refractivity contribution is 0.669. The molecule has 0 amide bonds. The minimum Gasteiger partial charge on any atom is -0.456 e. The first-order valence-electron chi connectivity index (χ1n) is 19.7. The Balaban J connectivity index is 0.980. The third kappa shape index (κ3) is 6.64. The number of anilines is 6. The molecule has 0 spiro atoms. The summed E-state index contributed by atoms with van der Waals surface area (Å²) in [5, 5.41) is 2.23. The summed E-state index contributed by atoms with van der Waals surface area (Å²) in [4.78, 5) is 9.71. The van der Waals surface area contributed by atoms with Gasteiger partial charge in [-0.25, -0.2) is 0 Å². The quantitative estimate of drug-likeness (QED) is 0.152. The molecular weight excluding hydrogens is 757 g/mol. The summed E-state index contributed by atoms with van der Waals surface area (Å²) in [7, 11) is 0. The Labute approximate surface area is 352 Å². The number of benzene rings is 9. The first kappa shape index (κ1) is 35.3. The van der Waals surface area contributed by atoms with Gasteiger partial charge in [0.15, 0.2) is 0 Å². The van der Waals surface area contributed by atoms with Gasteiger partial charge in [-0.05, 0) is 113 Å². The van der Waals surface area contributed by atoms with Gasteiger partial charge < -0.3 is 14.2 Å². The Morgan fingerprint density at radius 1 is 0.305 bits per heavy atom. The summed E-state index contributed by atoms with van der Waals surface area (Å²) in [6, 6.07) is 78.1. The van der Waals surface area contributed by atoms with Gasteiger partial charge in [0.2, 0.25) is 0 Å². The summed E-state index contributed by atoms with van der Waals surface area (Å²) in [6.45, 7) is 0. The van der Waals surface area contributed by atoms with Gasteiger partial charge >= 0.3 is 0 Å². The summed E-state index contributed by atoms with van der Waals surface area (Å²) in [6.07, 6.45) is 0. The highest BCUT2D eigenvalue weighted by Gasteiger charge is 2.26. The maximum atomic E-state index is 6.21. The van der Waals surface area contributed by atoms with Crippen molar-refractivity contribution in [1.82, 2.24) is 0 Å². The van der Waals surface area contributed by atoms with E-state index in [0.29, 0.717) is 0 Å². The standard InChI is InChI=1S/C54H36N2OS2/c1-4-13-37(14-5-1)39-23-27-42(28-24-39)56(43-29-25-40(26-30-43)38-15-6-2-7-16-38)48-20-12-22-52-54(48)59-51-34-32-45(36-53(51)58-52)55(41-17-8-3-9-18-41)44-31-33-50-47(35-44)46-19-10-11-21-49(46)57-50/h1-36H. The van der Waals surface area contributed by atoms with Crippen LogP contribution in [-0.4, -0.2) is 0 Å². The van der Waals surface area contributed by atoms with Gasteiger partial charge in [0.1, 0.15) is 11.2 Å². The number of fused-ring (bicyclic) bond motifs is 5. The number of nitrogens with zero attached hydrogens (tertiary/aromatic N) is 2. The van der Waals surface area contributed by atoms with Crippen molar-refractivity contribution in [2.24, 2.45) is 0 Å². The number of para-hydroxylation sites is 2. The van der Waals surface area contributed by atoms with E-state index >= 15 is 0 Å². The van der Waals surface area contributed by atoms with Gasteiger partial charge in [0, 0.05) is 53.9 Å². The Kier molecular flexibility index (Phi) is 9.03. The van der Waals surface area contributed by atoms with E-state index in [-0.39, 0.29) is 0 Å². The van der Waals surface area contributed by atoms with Crippen molar-refractivity contribution < 1.29 is 4.42 Å². The van der Waals surface area contributed by atoms with Crippen molar-refractivity contribution in [2.75, 3.05) is 9.80 Å². The molecule has 5 heteroatoms. The average molecular weight is 793 g/mol. The third-order valence-corrected chi connectivity index (χ3v) is 13.5. The van der Waals surface area contributed by atoms with Crippen LogP contribution in [0, 0.1) is 0 Å². The summed E-state index contributed by atoms with van der Waals surface area (Å²) in [5.41, 5.74) is 13.3. The predicted molar refractivity (Wildman–Crippen MR) is 249 cm³/mol. The number of furan rings is 1. The summed E-state index contributed by atoms with van der Waals surface area (Å²) in [5.74, 6) is 0. The van der Waals surface area contributed by atoms with E-state index in [9.17, 15) is 0 Å². The zero-order valence-electron chi connectivity index (χ0n) is 31.9. The fraction of sp³-hybridized carbons (Fsp3) is 0. The molecule has 0 atom stereocenters. The van der Waals surface area contributed by atoms with E-state index in [0.717, 1.165) is 56.1 Å².